The first-order valence-electron chi connectivity index (χ1n) is 10.6. The molecule has 1 aliphatic rings. The van der Waals surface area contributed by atoms with Crippen LogP contribution in [0.25, 0.3) is 0 Å². The SMILES string of the molecule is CCNC(=NCc1ncc(C(C)(C)C)o1)NC1CCN(CCOC(C)C)CC1. The molecule has 1 aromatic heterocycles. The average molecular weight is 394 g/mol. The van der Waals surface area contributed by atoms with Crippen LogP contribution in [0.4, 0.5) is 0 Å². The highest BCUT2D eigenvalue weighted by atomic mass is 16.5. The maximum absolute atomic E-state index is 5.84. The minimum atomic E-state index is -0.0358. The van der Waals surface area contributed by atoms with Gasteiger partial charge in [0.25, 0.3) is 0 Å². The fourth-order valence-corrected chi connectivity index (χ4v) is 3.11. The zero-order valence-electron chi connectivity index (χ0n) is 18.5. The summed E-state index contributed by atoms with van der Waals surface area (Å²) in [5.41, 5.74) is -0.0358. The lowest BCUT2D eigenvalue weighted by Crippen LogP contribution is -2.49. The summed E-state index contributed by atoms with van der Waals surface area (Å²) in [6.45, 7) is 17.9. The fourth-order valence-electron chi connectivity index (χ4n) is 3.11. The molecule has 0 aliphatic carbocycles. The third-order valence-corrected chi connectivity index (χ3v) is 4.80. The van der Waals surface area contributed by atoms with Gasteiger partial charge in [-0.2, -0.15) is 0 Å². The molecule has 0 aromatic carbocycles. The Morgan fingerprint density at radius 2 is 2.07 bits per heavy atom. The molecule has 0 amide bonds. The number of ether oxygens (including phenoxy) is 1. The summed E-state index contributed by atoms with van der Waals surface area (Å²) in [5, 5.41) is 6.90. The second kappa shape index (κ2) is 10.8. The predicted molar refractivity (Wildman–Crippen MR) is 114 cm³/mol. The van der Waals surface area contributed by atoms with Crippen LogP contribution >= 0.6 is 0 Å². The largest absolute Gasteiger partial charge is 0.443 e. The molecule has 2 rings (SSSR count). The number of nitrogens with zero attached hydrogens (tertiary/aromatic N) is 3. The van der Waals surface area contributed by atoms with Crippen LogP contribution in [0.2, 0.25) is 0 Å². The number of rotatable bonds is 8. The number of hydrogen-bond donors (Lipinski definition) is 2. The van der Waals surface area contributed by atoms with Crippen molar-refractivity contribution in [2.24, 2.45) is 4.99 Å². The van der Waals surface area contributed by atoms with Crippen LogP contribution in [0.1, 0.15) is 66.0 Å². The lowest BCUT2D eigenvalue weighted by molar-refractivity contribution is 0.0532. The Morgan fingerprint density at radius 1 is 1.36 bits per heavy atom. The molecule has 0 spiro atoms. The summed E-state index contributed by atoms with van der Waals surface area (Å²) in [6, 6.07) is 0.440. The highest BCUT2D eigenvalue weighted by Gasteiger charge is 2.21. The standard InChI is InChI=1S/C21H39N5O2/c1-7-22-20(24-15-19-23-14-18(28-19)21(4,5)6)25-17-8-10-26(11-9-17)12-13-27-16(2)3/h14,16-17H,7-13,15H2,1-6H3,(H2,22,24,25). The molecule has 2 heterocycles. The third kappa shape index (κ3) is 7.80. The van der Waals surface area contributed by atoms with E-state index < -0.39 is 0 Å². The molecule has 1 saturated heterocycles. The monoisotopic (exact) mass is 393 g/mol. The molecular weight excluding hydrogens is 354 g/mol. The van der Waals surface area contributed by atoms with E-state index in [1.807, 2.05) is 6.20 Å². The van der Waals surface area contributed by atoms with Gasteiger partial charge < -0.3 is 24.7 Å². The van der Waals surface area contributed by atoms with E-state index in [1.165, 1.54) is 0 Å². The number of oxazole rings is 1. The number of hydrogen-bond acceptors (Lipinski definition) is 5. The van der Waals surface area contributed by atoms with Crippen LogP contribution in [0, 0.1) is 0 Å². The van der Waals surface area contributed by atoms with Gasteiger partial charge in [-0.05, 0) is 33.6 Å². The van der Waals surface area contributed by atoms with E-state index in [-0.39, 0.29) is 5.41 Å². The summed E-state index contributed by atoms with van der Waals surface area (Å²) < 4.78 is 11.5. The van der Waals surface area contributed by atoms with E-state index in [4.69, 9.17) is 9.15 Å². The maximum atomic E-state index is 5.84. The highest BCUT2D eigenvalue weighted by Crippen LogP contribution is 2.22. The molecule has 1 aliphatic heterocycles. The smallest absolute Gasteiger partial charge is 0.216 e. The molecule has 28 heavy (non-hydrogen) atoms. The van der Waals surface area contributed by atoms with Gasteiger partial charge >= 0.3 is 0 Å². The van der Waals surface area contributed by atoms with E-state index >= 15 is 0 Å². The molecule has 7 heteroatoms. The molecule has 160 valence electrons. The summed E-state index contributed by atoms with van der Waals surface area (Å²) in [7, 11) is 0. The van der Waals surface area contributed by atoms with Gasteiger partial charge in [0, 0.05) is 37.6 Å². The van der Waals surface area contributed by atoms with Crippen LogP contribution < -0.4 is 10.6 Å². The molecular formula is C21H39N5O2. The van der Waals surface area contributed by atoms with Crippen LogP contribution in [0.5, 0.6) is 0 Å². The summed E-state index contributed by atoms with van der Waals surface area (Å²) >= 11 is 0. The lowest BCUT2D eigenvalue weighted by Gasteiger charge is -2.33. The van der Waals surface area contributed by atoms with Crippen LogP contribution in [-0.4, -0.2) is 60.8 Å². The molecule has 0 radical (unpaired) electrons. The van der Waals surface area contributed by atoms with Gasteiger partial charge in [-0.1, -0.05) is 20.8 Å². The topological polar surface area (TPSA) is 74.9 Å². The maximum Gasteiger partial charge on any atom is 0.216 e. The van der Waals surface area contributed by atoms with Crippen molar-refractivity contribution in [3.63, 3.8) is 0 Å². The van der Waals surface area contributed by atoms with Crippen molar-refractivity contribution >= 4 is 5.96 Å². The van der Waals surface area contributed by atoms with E-state index in [0.29, 0.717) is 24.6 Å². The van der Waals surface area contributed by atoms with Gasteiger partial charge in [0.05, 0.1) is 18.9 Å². The molecule has 0 bridgehead atoms. The van der Waals surface area contributed by atoms with Crippen molar-refractivity contribution in [3.05, 3.63) is 17.8 Å². The normalized spacial score (nSPS) is 17.3. The number of likely N-dealkylation sites (tertiary alicyclic amines) is 1. The van der Waals surface area contributed by atoms with E-state index in [1.54, 1.807) is 0 Å². The van der Waals surface area contributed by atoms with Gasteiger partial charge in [-0.15, -0.1) is 0 Å². The molecule has 0 atom stereocenters. The second-order valence-electron chi connectivity index (χ2n) is 8.74. The first-order valence-corrected chi connectivity index (χ1v) is 10.6. The lowest BCUT2D eigenvalue weighted by atomic mass is 9.94. The van der Waals surface area contributed by atoms with Gasteiger partial charge in [0.1, 0.15) is 12.3 Å². The number of aliphatic imine (C=N–C) groups is 1. The number of aromatic nitrogens is 1. The Bertz CT molecular complexity index is 598. The number of piperidine rings is 1. The van der Waals surface area contributed by atoms with E-state index in [0.717, 1.165) is 57.3 Å². The van der Waals surface area contributed by atoms with Crippen molar-refractivity contribution in [3.8, 4) is 0 Å². The van der Waals surface area contributed by atoms with Crippen molar-refractivity contribution < 1.29 is 9.15 Å². The van der Waals surface area contributed by atoms with E-state index in [9.17, 15) is 0 Å². The van der Waals surface area contributed by atoms with Crippen molar-refractivity contribution in [1.82, 2.24) is 20.5 Å². The Balaban J connectivity index is 1.81. The number of guanidine groups is 1. The minimum absolute atomic E-state index is 0.0358. The van der Waals surface area contributed by atoms with E-state index in [2.05, 4.69) is 67.1 Å². The third-order valence-electron chi connectivity index (χ3n) is 4.80. The van der Waals surface area contributed by atoms with Gasteiger partial charge in [-0.3, -0.25) is 0 Å². The average Bonchev–Trinajstić information content (AvgIpc) is 3.10. The predicted octanol–water partition coefficient (Wildman–Crippen LogP) is 2.92. The second-order valence-corrected chi connectivity index (χ2v) is 8.74. The minimum Gasteiger partial charge on any atom is -0.443 e. The highest BCUT2D eigenvalue weighted by molar-refractivity contribution is 5.80. The van der Waals surface area contributed by atoms with Gasteiger partial charge in [-0.25, -0.2) is 9.98 Å². The van der Waals surface area contributed by atoms with Gasteiger partial charge in [0.2, 0.25) is 5.89 Å². The Morgan fingerprint density at radius 3 is 2.64 bits per heavy atom. The summed E-state index contributed by atoms with van der Waals surface area (Å²) in [4.78, 5) is 11.5. The first kappa shape index (κ1) is 22.7. The van der Waals surface area contributed by atoms with Gasteiger partial charge in [0.15, 0.2) is 5.96 Å². The quantitative estimate of drug-likeness (QED) is 0.522. The van der Waals surface area contributed by atoms with Crippen molar-refractivity contribution in [2.45, 2.75) is 78.5 Å². The van der Waals surface area contributed by atoms with Crippen molar-refractivity contribution in [1.29, 1.82) is 0 Å². The van der Waals surface area contributed by atoms with Crippen LogP contribution in [0.15, 0.2) is 15.6 Å². The zero-order chi connectivity index (χ0) is 20.6. The number of nitrogens with one attached hydrogen (secondary N) is 2. The molecule has 1 aromatic rings. The molecule has 7 nitrogen and oxygen atoms in total. The molecule has 0 unspecified atom stereocenters. The van der Waals surface area contributed by atoms with Crippen LogP contribution in [0.3, 0.4) is 0 Å². The molecule has 2 N–H and O–H groups in total. The Hall–Kier alpha value is -1.60. The molecule has 1 fully saturated rings. The fraction of sp³-hybridized carbons (Fsp3) is 0.810. The Kier molecular flexibility index (Phi) is 8.76. The summed E-state index contributed by atoms with van der Waals surface area (Å²) in [5.74, 6) is 2.38. The van der Waals surface area contributed by atoms with Crippen molar-refractivity contribution in [2.75, 3.05) is 32.8 Å². The molecule has 0 saturated carbocycles. The summed E-state index contributed by atoms with van der Waals surface area (Å²) in [6.07, 6.45) is 4.34. The zero-order valence-corrected chi connectivity index (χ0v) is 18.5. The van der Waals surface area contributed by atoms with Crippen LogP contribution in [-0.2, 0) is 16.7 Å². The first-order chi connectivity index (χ1) is 13.3. The Labute approximate surface area is 170 Å².